The summed E-state index contributed by atoms with van der Waals surface area (Å²) in [7, 11) is 0. The smallest absolute Gasteiger partial charge is 0.300 e. The molecule has 1 unspecified atom stereocenters. The third-order valence-corrected chi connectivity index (χ3v) is 5.31. The van der Waals surface area contributed by atoms with Crippen molar-refractivity contribution in [2.75, 3.05) is 11.7 Å². The molecule has 1 atom stereocenters. The van der Waals surface area contributed by atoms with Gasteiger partial charge in [-0.2, -0.15) is 0 Å². The third kappa shape index (κ3) is 3.11. The molecule has 2 heterocycles. The average Bonchev–Trinajstić information content (AvgIpc) is 3.36. The van der Waals surface area contributed by atoms with E-state index in [1.54, 1.807) is 48.5 Å². The summed E-state index contributed by atoms with van der Waals surface area (Å²) < 4.78 is 24.2. The lowest BCUT2D eigenvalue weighted by molar-refractivity contribution is -0.132. The molecule has 1 amide bonds. The van der Waals surface area contributed by atoms with E-state index in [4.69, 9.17) is 9.47 Å². The van der Waals surface area contributed by atoms with E-state index in [0.717, 1.165) is 0 Å². The molecule has 2 aliphatic heterocycles. The molecular weight excluding hydrogens is 401 g/mol. The second-order valence-electron chi connectivity index (χ2n) is 7.12. The first-order valence-corrected chi connectivity index (χ1v) is 9.56. The highest BCUT2D eigenvalue weighted by Crippen LogP contribution is 2.43. The van der Waals surface area contributed by atoms with Crippen LogP contribution in [-0.4, -0.2) is 23.6 Å². The maximum absolute atomic E-state index is 13.6. The molecule has 0 spiro atoms. The monoisotopic (exact) mass is 417 g/mol. The molecule has 0 bridgehead atoms. The molecule has 5 rings (SSSR count). The fourth-order valence-corrected chi connectivity index (χ4v) is 3.85. The van der Waals surface area contributed by atoms with Crippen LogP contribution in [0.25, 0.3) is 5.76 Å². The summed E-state index contributed by atoms with van der Waals surface area (Å²) in [5, 5.41) is 11.1. The van der Waals surface area contributed by atoms with Gasteiger partial charge in [0.25, 0.3) is 11.7 Å². The number of nitrogens with zero attached hydrogens (tertiary/aromatic N) is 1. The molecule has 0 aromatic heterocycles. The second kappa shape index (κ2) is 7.28. The van der Waals surface area contributed by atoms with Crippen LogP contribution in [0.1, 0.15) is 17.2 Å². The first-order valence-electron chi connectivity index (χ1n) is 9.56. The highest BCUT2D eigenvalue weighted by molar-refractivity contribution is 6.51. The Labute approximate surface area is 176 Å². The normalized spacial score (nSPS) is 19.1. The number of rotatable bonds is 3. The zero-order valence-corrected chi connectivity index (χ0v) is 16.1. The second-order valence-corrected chi connectivity index (χ2v) is 7.12. The maximum Gasteiger partial charge on any atom is 0.300 e. The Kier molecular flexibility index (Phi) is 4.43. The van der Waals surface area contributed by atoms with E-state index in [1.807, 2.05) is 0 Å². The van der Waals surface area contributed by atoms with Gasteiger partial charge in [0, 0.05) is 11.3 Å². The van der Waals surface area contributed by atoms with Gasteiger partial charge in [-0.1, -0.05) is 30.3 Å². The largest absolute Gasteiger partial charge is 0.507 e. The first-order chi connectivity index (χ1) is 15.0. The summed E-state index contributed by atoms with van der Waals surface area (Å²) >= 11 is 0. The number of hydrogen-bond acceptors (Lipinski definition) is 5. The van der Waals surface area contributed by atoms with Crippen LogP contribution in [0.15, 0.2) is 78.4 Å². The van der Waals surface area contributed by atoms with Gasteiger partial charge < -0.3 is 14.6 Å². The molecule has 3 aromatic rings. The maximum atomic E-state index is 13.6. The van der Waals surface area contributed by atoms with Crippen LogP contribution >= 0.6 is 0 Å². The lowest BCUT2D eigenvalue weighted by atomic mass is 9.95. The highest BCUT2D eigenvalue weighted by atomic mass is 19.1. The number of ether oxygens (including phenoxy) is 2. The van der Waals surface area contributed by atoms with Crippen molar-refractivity contribution >= 4 is 23.1 Å². The number of benzene rings is 3. The van der Waals surface area contributed by atoms with Crippen molar-refractivity contribution in [3.05, 3.63) is 95.3 Å². The molecule has 1 N–H and O–H groups in total. The molecule has 0 aliphatic carbocycles. The number of fused-ring (bicyclic) bond motifs is 1. The summed E-state index contributed by atoms with van der Waals surface area (Å²) in [4.78, 5) is 27.4. The number of halogens is 1. The minimum Gasteiger partial charge on any atom is -0.507 e. The number of anilines is 1. The van der Waals surface area contributed by atoms with Crippen molar-refractivity contribution in [2.45, 2.75) is 6.04 Å². The Hall–Kier alpha value is -4.13. The van der Waals surface area contributed by atoms with Crippen molar-refractivity contribution in [1.82, 2.24) is 0 Å². The third-order valence-electron chi connectivity index (χ3n) is 5.31. The Bertz CT molecular complexity index is 1220. The number of carbonyl (C=O) groups is 2. The number of Topliss-reactive ketones (excluding diaryl/α,β-unsaturated/α-hetero) is 1. The Morgan fingerprint density at radius 2 is 1.65 bits per heavy atom. The quantitative estimate of drug-likeness (QED) is 0.393. The molecule has 3 aromatic carbocycles. The van der Waals surface area contributed by atoms with E-state index in [0.29, 0.717) is 28.3 Å². The van der Waals surface area contributed by atoms with Crippen LogP contribution in [0.3, 0.4) is 0 Å². The molecule has 0 saturated carbocycles. The zero-order valence-electron chi connectivity index (χ0n) is 16.1. The van der Waals surface area contributed by atoms with Crippen LogP contribution in [0, 0.1) is 5.82 Å². The lowest BCUT2D eigenvalue weighted by Gasteiger charge is -2.25. The summed E-state index contributed by atoms with van der Waals surface area (Å²) in [6.45, 7) is 0.0630. The van der Waals surface area contributed by atoms with Crippen LogP contribution in [0.2, 0.25) is 0 Å². The minimum absolute atomic E-state index is 0.0630. The van der Waals surface area contributed by atoms with Gasteiger partial charge in [-0.25, -0.2) is 4.39 Å². The Morgan fingerprint density at radius 1 is 0.935 bits per heavy atom. The van der Waals surface area contributed by atoms with E-state index in [2.05, 4.69) is 0 Å². The predicted octanol–water partition coefficient (Wildman–Crippen LogP) is 4.18. The minimum atomic E-state index is -0.923. The van der Waals surface area contributed by atoms with Crippen LogP contribution in [0.5, 0.6) is 11.5 Å². The molecule has 1 fully saturated rings. The van der Waals surface area contributed by atoms with Crippen molar-refractivity contribution in [1.29, 1.82) is 0 Å². The van der Waals surface area contributed by atoms with Crippen molar-refractivity contribution in [2.24, 2.45) is 0 Å². The molecule has 6 nitrogen and oxygen atoms in total. The molecule has 7 heteroatoms. The van der Waals surface area contributed by atoms with Gasteiger partial charge in [-0.05, 0) is 48.0 Å². The van der Waals surface area contributed by atoms with E-state index >= 15 is 0 Å². The molecule has 2 aliphatic rings. The molecule has 31 heavy (non-hydrogen) atoms. The van der Waals surface area contributed by atoms with Crippen molar-refractivity contribution in [3.8, 4) is 11.5 Å². The fourth-order valence-electron chi connectivity index (χ4n) is 3.85. The fraction of sp³-hybridized carbons (Fsp3) is 0.0833. The van der Waals surface area contributed by atoms with Crippen molar-refractivity contribution < 1.29 is 28.6 Å². The van der Waals surface area contributed by atoms with Crippen LogP contribution < -0.4 is 14.4 Å². The number of ketones is 1. The van der Waals surface area contributed by atoms with Gasteiger partial charge in [0.15, 0.2) is 11.5 Å². The topological polar surface area (TPSA) is 76.1 Å². The lowest BCUT2D eigenvalue weighted by Crippen LogP contribution is -2.29. The van der Waals surface area contributed by atoms with Gasteiger partial charge in [0.1, 0.15) is 11.6 Å². The van der Waals surface area contributed by atoms with E-state index < -0.39 is 23.5 Å². The van der Waals surface area contributed by atoms with Gasteiger partial charge in [-0.15, -0.1) is 0 Å². The summed E-state index contributed by atoms with van der Waals surface area (Å²) in [6.07, 6.45) is 0. The van der Waals surface area contributed by atoms with E-state index in [9.17, 15) is 19.1 Å². The molecule has 154 valence electrons. The average molecular weight is 417 g/mol. The number of carbonyl (C=O) groups excluding carboxylic acids is 2. The number of aliphatic hydroxyl groups is 1. The molecule has 1 saturated heterocycles. The standard InChI is InChI=1S/C24H16FNO5/c25-16-9-6-14(7-10-16)21-20(22(27)15-8-11-18-19(12-15)31-13-30-18)23(28)24(29)26(21)17-4-2-1-3-5-17/h1-12,21,27H,13H2/b22-20-. The highest BCUT2D eigenvalue weighted by Gasteiger charge is 2.47. The molecule has 0 radical (unpaired) electrons. The Morgan fingerprint density at radius 3 is 2.39 bits per heavy atom. The number of para-hydroxylation sites is 1. The van der Waals surface area contributed by atoms with Crippen LogP contribution in [0.4, 0.5) is 10.1 Å². The van der Waals surface area contributed by atoms with Gasteiger partial charge in [0.05, 0.1) is 11.6 Å². The van der Waals surface area contributed by atoms with Gasteiger partial charge in [-0.3, -0.25) is 14.5 Å². The van der Waals surface area contributed by atoms with E-state index in [-0.39, 0.29) is 18.1 Å². The zero-order chi connectivity index (χ0) is 21.5. The summed E-state index contributed by atoms with van der Waals surface area (Å²) in [5.41, 5.74) is 1.21. The predicted molar refractivity (Wildman–Crippen MR) is 110 cm³/mol. The molecular formula is C24H16FNO5. The van der Waals surface area contributed by atoms with E-state index in [1.165, 1.54) is 29.2 Å². The SMILES string of the molecule is O=C1C(=O)N(c2ccccc2)C(c2ccc(F)cc2)/C1=C(/O)c1ccc2c(c1)OCO2. The number of amides is 1. The Balaban J connectivity index is 1.70. The van der Waals surface area contributed by atoms with Crippen LogP contribution in [-0.2, 0) is 9.59 Å². The summed E-state index contributed by atoms with van der Waals surface area (Å²) in [5.74, 6) is -1.44. The van der Waals surface area contributed by atoms with Gasteiger partial charge >= 0.3 is 0 Å². The number of hydrogen-bond donors (Lipinski definition) is 1. The van der Waals surface area contributed by atoms with Gasteiger partial charge in [0.2, 0.25) is 6.79 Å². The summed E-state index contributed by atoms with van der Waals surface area (Å²) in [6, 6.07) is 18.0. The van der Waals surface area contributed by atoms with Crippen molar-refractivity contribution in [3.63, 3.8) is 0 Å². The first kappa shape index (κ1) is 18.9. The number of aliphatic hydroxyl groups excluding tert-OH is 1.